The lowest BCUT2D eigenvalue weighted by Crippen LogP contribution is -2.23. The lowest BCUT2D eigenvalue weighted by Gasteiger charge is -2.08. The largest absolute Gasteiger partial charge is 0.326 e. The predicted octanol–water partition coefficient (Wildman–Crippen LogP) is 3.14. The molecule has 3 aromatic heterocycles. The van der Waals surface area contributed by atoms with Gasteiger partial charge in [0, 0.05) is 36.3 Å². The fraction of sp³-hybridized carbons (Fsp3) is 0.136. The topological polar surface area (TPSA) is 110 Å². The van der Waals surface area contributed by atoms with E-state index in [1.165, 1.54) is 16.8 Å². The highest BCUT2D eigenvalue weighted by molar-refractivity contribution is 7.13. The Kier molecular flexibility index (Phi) is 6.13. The minimum atomic E-state index is -0.261. The van der Waals surface area contributed by atoms with Crippen molar-refractivity contribution in [3.8, 4) is 21.8 Å². The highest BCUT2D eigenvalue weighted by atomic mass is 32.1. The van der Waals surface area contributed by atoms with Crippen molar-refractivity contribution in [3.05, 3.63) is 86.8 Å². The second-order valence-corrected chi connectivity index (χ2v) is 7.74. The number of anilines is 1. The summed E-state index contributed by atoms with van der Waals surface area (Å²) in [5.41, 5.74) is 2.42. The molecule has 0 radical (unpaired) electrons. The van der Waals surface area contributed by atoms with Crippen LogP contribution in [-0.2, 0) is 11.3 Å². The first-order chi connectivity index (χ1) is 15.1. The van der Waals surface area contributed by atoms with Gasteiger partial charge in [-0.2, -0.15) is 10.2 Å². The van der Waals surface area contributed by atoms with E-state index < -0.39 is 0 Å². The van der Waals surface area contributed by atoms with E-state index in [2.05, 4.69) is 20.6 Å². The quantitative estimate of drug-likeness (QED) is 0.465. The number of carbonyl (C=O) groups excluding carboxylic acids is 1. The summed E-state index contributed by atoms with van der Waals surface area (Å²) >= 11 is 1.56. The number of carbonyl (C=O) groups is 1. The number of aromatic amines is 1. The van der Waals surface area contributed by atoms with E-state index in [0.29, 0.717) is 24.3 Å². The average molecular weight is 433 g/mol. The number of nitrogens with zero attached hydrogens (tertiary/aromatic N) is 3. The first-order valence-corrected chi connectivity index (χ1v) is 10.5. The van der Waals surface area contributed by atoms with E-state index in [1.54, 1.807) is 35.6 Å². The van der Waals surface area contributed by atoms with Gasteiger partial charge in [-0.25, -0.2) is 9.78 Å². The molecule has 156 valence electrons. The van der Waals surface area contributed by atoms with E-state index >= 15 is 0 Å². The molecule has 3 heterocycles. The Morgan fingerprint density at radius 1 is 1.00 bits per heavy atom. The molecule has 1 aromatic carbocycles. The van der Waals surface area contributed by atoms with Gasteiger partial charge in [-0.05, 0) is 42.1 Å². The fourth-order valence-corrected chi connectivity index (χ4v) is 3.70. The number of nitrogens with one attached hydrogen (secondary N) is 2. The third-order valence-corrected chi connectivity index (χ3v) is 5.45. The van der Waals surface area contributed by atoms with Crippen LogP contribution in [-0.4, -0.2) is 25.9 Å². The van der Waals surface area contributed by atoms with Crippen molar-refractivity contribution in [1.29, 1.82) is 0 Å². The minimum absolute atomic E-state index is 0.141. The number of amides is 1. The maximum absolute atomic E-state index is 12.3. The van der Waals surface area contributed by atoms with Crippen LogP contribution in [0.2, 0.25) is 0 Å². The molecular formula is C22H19N5O3S. The summed E-state index contributed by atoms with van der Waals surface area (Å²) < 4.78 is 1.40. The summed E-state index contributed by atoms with van der Waals surface area (Å²) in [6, 6.07) is 17.3. The second-order valence-electron chi connectivity index (χ2n) is 6.79. The molecule has 0 spiro atoms. The van der Waals surface area contributed by atoms with Crippen LogP contribution in [0.5, 0.6) is 0 Å². The second kappa shape index (κ2) is 9.31. The van der Waals surface area contributed by atoms with Crippen molar-refractivity contribution < 1.29 is 4.79 Å². The normalized spacial score (nSPS) is 10.7. The Morgan fingerprint density at radius 2 is 1.81 bits per heavy atom. The molecule has 0 saturated heterocycles. The van der Waals surface area contributed by atoms with Crippen molar-refractivity contribution >= 4 is 22.9 Å². The van der Waals surface area contributed by atoms with Crippen LogP contribution in [0.15, 0.2) is 75.6 Å². The summed E-state index contributed by atoms with van der Waals surface area (Å²) in [4.78, 5) is 36.4. The molecule has 9 heteroatoms. The van der Waals surface area contributed by atoms with Crippen LogP contribution >= 0.6 is 11.3 Å². The maximum Gasteiger partial charge on any atom is 0.266 e. The number of rotatable bonds is 7. The molecule has 0 saturated carbocycles. The van der Waals surface area contributed by atoms with Crippen molar-refractivity contribution in [3.63, 3.8) is 0 Å². The Balaban J connectivity index is 1.32. The minimum Gasteiger partial charge on any atom is -0.326 e. The highest BCUT2D eigenvalue weighted by Crippen LogP contribution is 2.21. The highest BCUT2D eigenvalue weighted by Gasteiger charge is 2.07. The zero-order valence-electron chi connectivity index (χ0n) is 16.4. The third-order valence-electron chi connectivity index (χ3n) is 4.56. The van der Waals surface area contributed by atoms with Crippen LogP contribution in [0.1, 0.15) is 12.8 Å². The average Bonchev–Trinajstić information content (AvgIpc) is 3.31. The zero-order valence-corrected chi connectivity index (χ0v) is 17.3. The molecule has 0 atom stereocenters. The van der Waals surface area contributed by atoms with Crippen molar-refractivity contribution in [1.82, 2.24) is 20.0 Å². The number of benzene rings is 1. The summed E-state index contributed by atoms with van der Waals surface area (Å²) in [6.45, 7) is 0.363. The van der Waals surface area contributed by atoms with E-state index in [0.717, 1.165) is 16.1 Å². The van der Waals surface area contributed by atoms with Crippen LogP contribution in [0.4, 0.5) is 5.69 Å². The molecule has 8 nitrogen and oxygen atoms in total. The Labute approximate surface area is 181 Å². The van der Waals surface area contributed by atoms with Crippen molar-refractivity contribution in [2.24, 2.45) is 0 Å². The van der Waals surface area contributed by atoms with Gasteiger partial charge in [0.25, 0.3) is 11.1 Å². The monoisotopic (exact) mass is 433 g/mol. The van der Waals surface area contributed by atoms with Gasteiger partial charge in [0.2, 0.25) is 5.91 Å². The molecule has 0 bridgehead atoms. The number of thiophene rings is 1. The van der Waals surface area contributed by atoms with E-state index in [-0.39, 0.29) is 23.4 Å². The first-order valence-electron chi connectivity index (χ1n) is 9.66. The Morgan fingerprint density at radius 3 is 2.52 bits per heavy atom. The number of hydrogen-bond donors (Lipinski definition) is 2. The van der Waals surface area contributed by atoms with Crippen LogP contribution in [0, 0.1) is 0 Å². The molecule has 0 aliphatic heterocycles. The Bertz CT molecular complexity index is 1270. The van der Waals surface area contributed by atoms with Gasteiger partial charge in [-0.15, -0.1) is 11.3 Å². The molecule has 0 fully saturated rings. The van der Waals surface area contributed by atoms with Crippen molar-refractivity contribution in [2.75, 3.05) is 5.32 Å². The Hall–Kier alpha value is -3.85. The molecular weight excluding hydrogens is 414 g/mol. The van der Waals surface area contributed by atoms with Crippen LogP contribution < -0.4 is 16.4 Å². The van der Waals surface area contributed by atoms with Gasteiger partial charge in [-0.1, -0.05) is 18.2 Å². The van der Waals surface area contributed by atoms with Gasteiger partial charge in [0.1, 0.15) is 5.69 Å². The summed E-state index contributed by atoms with van der Waals surface area (Å²) in [5.74, 6) is -0.141. The van der Waals surface area contributed by atoms with Gasteiger partial charge in [0.15, 0.2) is 0 Å². The number of hydrogen-bond acceptors (Lipinski definition) is 6. The molecule has 31 heavy (non-hydrogen) atoms. The zero-order chi connectivity index (χ0) is 21.6. The van der Waals surface area contributed by atoms with Gasteiger partial charge < -0.3 is 5.32 Å². The van der Waals surface area contributed by atoms with Gasteiger partial charge in [0.05, 0.1) is 10.6 Å². The number of aryl methyl sites for hydroxylation is 1. The van der Waals surface area contributed by atoms with Gasteiger partial charge >= 0.3 is 0 Å². The lowest BCUT2D eigenvalue weighted by atomic mass is 10.1. The van der Waals surface area contributed by atoms with Crippen LogP contribution in [0.3, 0.4) is 0 Å². The molecule has 1 amide bonds. The molecule has 0 aliphatic carbocycles. The molecule has 4 aromatic rings. The maximum atomic E-state index is 12.3. The van der Waals surface area contributed by atoms with E-state index in [1.807, 2.05) is 29.6 Å². The first kappa shape index (κ1) is 20.4. The fourth-order valence-electron chi connectivity index (χ4n) is 3.01. The van der Waals surface area contributed by atoms with E-state index in [9.17, 15) is 14.4 Å². The van der Waals surface area contributed by atoms with Crippen molar-refractivity contribution in [2.45, 2.75) is 19.4 Å². The SMILES string of the molecule is O=C(CCCn1nc(-c2cccs2)ccc1=O)Nc1ccc(-c2ccc(=O)[nH]n2)cc1. The molecule has 4 rings (SSSR count). The number of H-pyrrole nitrogens is 1. The van der Waals surface area contributed by atoms with Crippen LogP contribution in [0.25, 0.3) is 21.8 Å². The predicted molar refractivity (Wildman–Crippen MR) is 120 cm³/mol. The third kappa shape index (κ3) is 5.20. The summed E-state index contributed by atoms with van der Waals surface area (Å²) in [7, 11) is 0. The smallest absolute Gasteiger partial charge is 0.266 e. The lowest BCUT2D eigenvalue weighted by molar-refractivity contribution is -0.116. The molecule has 0 unspecified atom stereocenters. The molecule has 0 aliphatic rings. The van der Waals surface area contributed by atoms with Gasteiger partial charge in [-0.3, -0.25) is 14.4 Å². The summed E-state index contributed by atoms with van der Waals surface area (Å²) in [5, 5.41) is 15.6. The summed E-state index contributed by atoms with van der Waals surface area (Å²) in [6.07, 6.45) is 0.757. The molecule has 2 N–H and O–H groups in total. The standard InChI is InChI=1S/C22H19N5O3S/c28-20(23-16-7-5-15(6-8-16)17-9-11-21(29)25-24-17)4-1-13-27-22(30)12-10-18(26-27)19-3-2-14-31-19/h2-3,5-12,14H,1,4,13H2,(H,23,28)(H,25,29). The number of aromatic nitrogens is 4. The van der Waals surface area contributed by atoms with E-state index in [4.69, 9.17) is 0 Å².